The number of phenolic OH excluding ortho intramolecular Hbond substituents is 4. The van der Waals surface area contributed by atoms with Gasteiger partial charge in [-0.1, -0.05) is 12.1 Å². The number of carbonyl (C=O) groups excluding carboxylic acids is 4. The van der Waals surface area contributed by atoms with Crippen LogP contribution in [-0.4, -0.2) is 175 Å². The standard InChI is InChI=1S/C39H40N4O10S.C38H41N3O11S/c1-16-8-20-9-22-23(12-40)43-24-13-50-38(47)39(21-11-26(48-4)25(45)10-19(21)6-7-41-39)14-54-37(31(43)30(42-22)27(20)32(46)33(16)49-5)29-28(24)36-35(51-15-52-36)17(2)34(29)53-18(3)44;1-15-8-19-9-21-36(45)41-22-12-49-37(46)38(20-11-24(47-4)23(43)10-18(20)6-7-39-38)13-53-35(29(41)28(40-21)25(19)30(44)31(15)48-5)27-26(22)34-33(50-14-51-34)16(2)32(27)52-17(3)42/h8,10-11,22-24,30-31,37,41-42,45-46H,6-7,9,13-15H2,1-5H3;8,10-11,21-22,28-29,35-36,39-40,43-45H,6-7,9,12-14H2,1-5H3/t22-,23-,24-,30+,31?,37+,39+;21-,22-,28+,29?,35+,36-,38+/m00/s1. The number of rotatable bonds is 6. The fourth-order valence-electron chi connectivity index (χ4n) is 19.4. The van der Waals surface area contributed by atoms with Crippen LogP contribution in [0.4, 0.5) is 0 Å². The zero-order chi connectivity index (χ0) is 74.9. The number of nitrogens with one attached hydrogen (secondary N) is 4. The van der Waals surface area contributed by atoms with Crippen molar-refractivity contribution >= 4 is 47.4 Å². The first kappa shape index (κ1) is 70.7. The molecule has 14 atom stereocenters. The molecule has 0 aliphatic carbocycles. The van der Waals surface area contributed by atoms with Gasteiger partial charge in [-0.2, -0.15) is 5.26 Å². The van der Waals surface area contributed by atoms with Gasteiger partial charge in [0.1, 0.15) is 37.0 Å². The average Bonchev–Trinajstić information content (AvgIpc) is 1.49. The number of piperazine rings is 2. The molecule has 14 aliphatic rings. The summed E-state index contributed by atoms with van der Waals surface area (Å²) in [6.07, 6.45) is 0.958. The summed E-state index contributed by atoms with van der Waals surface area (Å²) in [7, 11) is 5.97. The largest absolute Gasteiger partial charge is 0.504 e. The van der Waals surface area contributed by atoms with Gasteiger partial charge in [0.05, 0.1) is 75.2 Å². The number of carbonyl (C=O) groups is 4. The average molecular weight is 1500 g/mol. The monoisotopic (exact) mass is 1500 g/mol. The number of fused-ring (bicyclic) bond motifs is 18. The van der Waals surface area contributed by atoms with Gasteiger partial charge in [-0.3, -0.25) is 30.0 Å². The molecule has 8 bridgehead atoms. The molecule has 14 aliphatic heterocycles. The molecule has 2 spiro atoms. The van der Waals surface area contributed by atoms with Crippen molar-refractivity contribution in [2.45, 2.75) is 149 Å². The molecule has 14 heterocycles. The third-order valence-electron chi connectivity index (χ3n) is 23.7. The molecule has 4 fully saturated rings. The summed E-state index contributed by atoms with van der Waals surface area (Å²) >= 11 is 2.92. The summed E-state index contributed by atoms with van der Waals surface area (Å²) < 4.78 is 71.7. The van der Waals surface area contributed by atoms with E-state index in [9.17, 15) is 50.0 Å². The normalized spacial score (nSPS) is 29.1. The van der Waals surface area contributed by atoms with E-state index in [0.717, 1.165) is 33.4 Å². The quantitative estimate of drug-likeness (QED) is 0.0617. The Hall–Kier alpha value is -9.29. The van der Waals surface area contributed by atoms with E-state index >= 15 is 0 Å². The molecule has 20 rings (SSSR count). The number of esters is 4. The Kier molecular flexibility index (Phi) is 17.3. The van der Waals surface area contributed by atoms with Crippen LogP contribution in [0, 0.1) is 39.0 Å². The number of ether oxygens (including phenoxy) is 12. The molecule has 28 nitrogen and oxygen atoms in total. The molecule has 9 N–H and O–H groups in total. The molecular formula is C77H81N7O21S2. The van der Waals surface area contributed by atoms with Crippen LogP contribution in [0.3, 0.4) is 0 Å². The minimum absolute atomic E-state index is 0.0210. The van der Waals surface area contributed by atoms with E-state index in [1.54, 1.807) is 24.3 Å². The number of hydrogen-bond acceptors (Lipinski definition) is 30. The first-order valence-corrected chi connectivity index (χ1v) is 37.7. The van der Waals surface area contributed by atoms with Crippen molar-refractivity contribution in [2.24, 2.45) is 0 Å². The van der Waals surface area contributed by atoms with Gasteiger partial charge in [0.15, 0.2) is 80.1 Å². The van der Waals surface area contributed by atoms with Gasteiger partial charge < -0.3 is 93.0 Å². The number of aryl methyl sites for hydroxylation is 2. The van der Waals surface area contributed by atoms with Gasteiger partial charge in [-0.15, -0.1) is 23.5 Å². The lowest BCUT2D eigenvalue weighted by molar-refractivity contribution is -0.164. The first-order valence-electron chi connectivity index (χ1n) is 35.6. The molecule has 0 amide bonds. The van der Waals surface area contributed by atoms with Crippen LogP contribution in [-0.2, 0) is 65.4 Å². The molecule has 0 saturated carbocycles. The molecule has 0 radical (unpaired) electrons. The number of nitrogens with zero attached hydrogens (tertiary/aromatic N) is 3. The highest BCUT2D eigenvalue weighted by atomic mass is 32.2. The van der Waals surface area contributed by atoms with Crippen LogP contribution >= 0.6 is 23.5 Å². The van der Waals surface area contributed by atoms with E-state index < -0.39 is 100 Å². The molecule has 2 unspecified atom stereocenters. The predicted octanol–water partition coefficient (Wildman–Crippen LogP) is 6.72. The van der Waals surface area contributed by atoms with Crippen LogP contribution in [0.2, 0.25) is 0 Å². The maximum atomic E-state index is 14.7. The molecule has 4 saturated heterocycles. The van der Waals surface area contributed by atoms with Crippen LogP contribution in [0.5, 0.6) is 80.5 Å². The van der Waals surface area contributed by atoms with Crippen molar-refractivity contribution in [1.82, 2.24) is 31.1 Å². The number of aromatic hydroxyl groups is 4. The Morgan fingerprint density at radius 3 is 1.42 bits per heavy atom. The summed E-state index contributed by atoms with van der Waals surface area (Å²) in [5.74, 6) is 1.80. The van der Waals surface area contributed by atoms with Crippen LogP contribution in [0.1, 0.15) is 138 Å². The molecule has 107 heavy (non-hydrogen) atoms. The van der Waals surface area contributed by atoms with Crippen molar-refractivity contribution < 1.29 is 102 Å². The number of methoxy groups -OCH3 is 4. The third kappa shape index (κ3) is 10.4. The summed E-state index contributed by atoms with van der Waals surface area (Å²) in [6, 6.07) is 8.05. The zero-order valence-electron chi connectivity index (χ0n) is 60.3. The number of hydrogen-bond donors (Lipinski definition) is 9. The fourth-order valence-corrected chi connectivity index (χ4v) is 22.8. The number of nitriles is 1. The van der Waals surface area contributed by atoms with Gasteiger partial charge in [0, 0.05) is 101 Å². The Bertz CT molecular complexity index is 4880. The van der Waals surface area contributed by atoms with Crippen LogP contribution < -0.4 is 68.6 Å². The highest BCUT2D eigenvalue weighted by Gasteiger charge is 2.63. The number of aliphatic hydroxyl groups excluding tert-OH is 1. The summed E-state index contributed by atoms with van der Waals surface area (Å²) in [5.41, 5.74) is 8.59. The maximum Gasteiger partial charge on any atom is 0.331 e. The minimum atomic E-state index is -1.36. The lowest BCUT2D eigenvalue weighted by Crippen LogP contribution is -2.69. The molecule has 562 valence electrons. The van der Waals surface area contributed by atoms with E-state index in [4.69, 9.17) is 56.8 Å². The predicted molar refractivity (Wildman–Crippen MR) is 383 cm³/mol. The summed E-state index contributed by atoms with van der Waals surface area (Å²) in [5, 5.41) is 81.8. The second kappa shape index (κ2) is 26.2. The lowest BCUT2D eigenvalue weighted by Gasteiger charge is -2.59. The van der Waals surface area contributed by atoms with E-state index in [1.807, 2.05) is 44.7 Å². The van der Waals surface area contributed by atoms with E-state index in [1.165, 1.54) is 65.8 Å². The first-order chi connectivity index (χ1) is 51.5. The smallest absolute Gasteiger partial charge is 0.331 e. The van der Waals surface area contributed by atoms with Crippen molar-refractivity contribution in [2.75, 3.05) is 79.8 Å². The molecule has 6 aromatic carbocycles. The Balaban J connectivity index is 0.000000157. The highest BCUT2D eigenvalue weighted by Crippen LogP contribution is 2.66. The number of thioether (sulfide) groups is 2. The molecule has 30 heteroatoms. The number of phenols is 4. The van der Waals surface area contributed by atoms with Crippen LogP contribution in [0.25, 0.3) is 0 Å². The minimum Gasteiger partial charge on any atom is -0.504 e. The SMILES string of the molecule is COc1cc2c(cc1O)CCN[C@]21CS[C@@H]2c3c(OC(C)=O)c(C)c4c(c3[C@H](COC1=O)N1C2[C@@H]2N[C@@H](Cc3cc(C)c(OC)c(O)c32)[C@@H]1C#N)OCO4.COc1cc2c(cc1O)CCN[C@]21CS[C@@H]2c3c(OC(C)=O)c(C)c4c(c3[C@H](COC1=O)N1C2[C@@H]2N[C@@H](Cc3cc(C)c(OC)c(O)c32)[C@@H]1O)OCO4. The summed E-state index contributed by atoms with van der Waals surface area (Å²) in [4.78, 5) is 59.1. The van der Waals surface area contributed by atoms with E-state index in [2.05, 4.69) is 32.2 Å². The summed E-state index contributed by atoms with van der Waals surface area (Å²) in [6.45, 7) is 10.5. The van der Waals surface area contributed by atoms with Gasteiger partial charge in [0.2, 0.25) is 13.6 Å². The number of benzene rings is 6. The second-order valence-electron chi connectivity index (χ2n) is 29.2. The third-order valence-corrected chi connectivity index (χ3v) is 26.6. The topological polar surface area (TPSA) is 359 Å². The van der Waals surface area contributed by atoms with Gasteiger partial charge in [-0.05, 0) is 122 Å². The van der Waals surface area contributed by atoms with Gasteiger partial charge >= 0.3 is 23.9 Å². The molecule has 0 aromatic heterocycles. The Morgan fingerprint density at radius 2 is 0.981 bits per heavy atom. The fraction of sp³-hybridized carbons (Fsp3) is 0.468. The highest BCUT2D eigenvalue weighted by molar-refractivity contribution is 7.99. The molecule has 6 aromatic rings. The van der Waals surface area contributed by atoms with Crippen molar-refractivity contribution in [1.29, 1.82) is 5.26 Å². The van der Waals surface area contributed by atoms with Gasteiger partial charge in [0.25, 0.3) is 0 Å². The lowest BCUT2D eigenvalue weighted by atomic mass is 9.72. The Morgan fingerprint density at radius 1 is 0.551 bits per heavy atom. The van der Waals surface area contributed by atoms with Crippen LogP contribution in [0.15, 0.2) is 36.4 Å². The molecular weight excluding hydrogens is 1420 g/mol. The van der Waals surface area contributed by atoms with E-state index in [0.29, 0.717) is 140 Å². The van der Waals surface area contributed by atoms with E-state index in [-0.39, 0.29) is 78.8 Å². The Labute approximate surface area is 623 Å². The van der Waals surface area contributed by atoms with Crippen molar-refractivity contribution in [3.63, 3.8) is 0 Å². The van der Waals surface area contributed by atoms with Crippen molar-refractivity contribution in [3.05, 3.63) is 125 Å². The van der Waals surface area contributed by atoms with Crippen molar-refractivity contribution in [3.8, 4) is 86.6 Å². The van der Waals surface area contributed by atoms with Gasteiger partial charge in [-0.25, -0.2) is 9.59 Å². The second-order valence-corrected chi connectivity index (χ2v) is 31.4. The number of aliphatic hydroxyl groups is 1. The zero-order valence-corrected chi connectivity index (χ0v) is 61.9. The maximum absolute atomic E-state index is 14.7.